The summed E-state index contributed by atoms with van der Waals surface area (Å²) in [6.45, 7) is 0. The van der Waals surface area contributed by atoms with Crippen LogP contribution in [0.5, 0.6) is 0 Å². The van der Waals surface area contributed by atoms with Crippen molar-refractivity contribution in [1.82, 2.24) is 19.7 Å². The van der Waals surface area contributed by atoms with E-state index in [1.807, 2.05) is 65.2 Å². The van der Waals surface area contributed by atoms with Crippen LogP contribution in [0.3, 0.4) is 0 Å². The Labute approximate surface area is 150 Å². The molecule has 1 heterocycles. The average Bonchev–Trinajstić information content (AvgIpc) is 3.03. The molecule has 2 aromatic carbocycles. The van der Waals surface area contributed by atoms with E-state index in [0.29, 0.717) is 16.9 Å². The predicted molar refractivity (Wildman–Crippen MR) is 101 cm³/mol. The van der Waals surface area contributed by atoms with Crippen molar-refractivity contribution in [2.24, 2.45) is 0 Å². The second kappa shape index (κ2) is 7.85. The highest BCUT2D eigenvalue weighted by Crippen LogP contribution is 2.26. The zero-order valence-corrected chi connectivity index (χ0v) is 14.9. The minimum absolute atomic E-state index is 0.0326. The maximum atomic E-state index is 11.9. The van der Waals surface area contributed by atoms with Gasteiger partial charge >= 0.3 is 0 Å². The Bertz CT molecular complexity index is 833. The number of hydrogen-bond donors (Lipinski definition) is 1. The van der Waals surface area contributed by atoms with Crippen molar-refractivity contribution in [2.75, 3.05) is 25.2 Å². The molecule has 0 aliphatic rings. The monoisotopic (exact) mass is 353 g/mol. The Hall–Kier alpha value is -2.80. The summed E-state index contributed by atoms with van der Waals surface area (Å²) < 4.78 is 1.92. The van der Waals surface area contributed by atoms with E-state index in [1.54, 1.807) is 19.0 Å². The maximum absolute atomic E-state index is 11.9. The minimum Gasteiger partial charge on any atom is -0.348 e. The summed E-state index contributed by atoms with van der Waals surface area (Å²) in [6, 6.07) is 19.6. The fourth-order valence-corrected chi connectivity index (χ4v) is 3.09. The molecule has 0 aliphatic carbocycles. The van der Waals surface area contributed by atoms with E-state index in [4.69, 9.17) is 0 Å². The van der Waals surface area contributed by atoms with Gasteiger partial charge in [-0.25, -0.2) is 0 Å². The lowest BCUT2D eigenvalue weighted by Crippen LogP contribution is -2.23. The number of anilines is 2. The largest absolute Gasteiger partial charge is 0.348 e. The van der Waals surface area contributed by atoms with Gasteiger partial charge < -0.3 is 10.2 Å². The van der Waals surface area contributed by atoms with Gasteiger partial charge in [0.25, 0.3) is 0 Å². The van der Waals surface area contributed by atoms with Gasteiger partial charge in [-0.3, -0.25) is 9.36 Å². The molecule has 0 saturated carbocycles. The van der Waals surface area contributed by atoms with Crippen molar-refractivity contribution in [3.8, 4) is 5.69 Å². The summed E-state index contributed by atoms with van der Waals surface area (Å²) >= 11 is 1.37. The third-order valence-electron chi connectivity index (χ3n) is 3.50. The normalized spacial score (nSPS) is 10.5. The zero-order valence-electron chi connectivity index (χ0n) is 14.1. The molecule has 0 unspecified atom stereocenters. The van der Waals surface area contributed by atoms with Gasteiger partial charge in [0.2, 0.25) is 11.9 Å². The summed E-state index contributed by atoms with van der Waals surface area (Å²) in [7, 11) is 3.49. The van der Waals surface area contributed by atoms with Crippen LogP contribution in [0.2, 0.25) is 0 Å². The first-order valence-corrected chi connectivity index (χ1v) is 8.79. The van der Waals surface area contributed by atoms with Crippen molar-refractivity contribution in [3.63, 3.8) is 0 Å². The molecule has 1 N–H and O–H groups in total. The lowest BCUT2D eigenvalue weighted by atomic mass is 10.3. The molecule has 0 aliphatic heterocycles. The molecule has 1 aromatic heterocycles. The molecule has 3 aromatic rings. The molecule has 1 amide bonds. The summed E-state index contributed by atoms with van der Waals surface area (Å²) in [5.41, 5.74) is 1.86. The number of nitrogens with zero attached hydrogens (tertiary/aromatic N) is 4. The number of amides is 1. The summed E-state index contributed by atoms with van der Waals surface area (Å²) in [4.78, 5) is 13.5. The molecule has 0 bridgehead atoms. The number of thioether (sulfide) groups is 1. The SMILES string of the molecule is CN(C)C(=O)CSc1nnc(Nc2ccccc2)n1-c1ccccc1. The summed E-state index contributed by atoms with van der Waals surface area (Å²) in [5.74, 6) is 0.950. The molecule has 0 radical (unpaired) electrons. The smallest absolute Gasteiger partial charge is 0.234 e. The highest BCUT2D eigenvalue weighted by Gasteiger charge is 2.16. The highest BCUT2D eigenvalue weighted by atomic mass is 32.2. The predicted octanol–water partition coefficient (Wildman–Crippen LogP) is 3.19. The van der Waals surface area contributed by atoms with Gasteiger partial charge in [0.15, 0.2) is 5.16 Å². The second-order valence-electron chi connectivity index (χ2n) is 5.55. The van der Waals surface area contributed by atoms with E-state index in [-0.39, 0.29) is 5.91 Å². The van der Waals surface area contributed by atoms with E-state index in [2.05, 4.69) is 15.5 Å². The van der Waals surface area contributed by atoms with Crippen molar-refractivity contribution >= 4 is 29.3 Å². The van der Waals surface area contributed by atoms with Gasteiger partial charge in [0.1, 0.15) is 0 Å². The summed E-state index contributed by atoms with van der Waals surface area (Å²) in [6.07, 6.45) is 0. The third kappa shape index (κ3) is 4.19. The number of nitrogens with one attached hydrogen (secondary N) is 1. The fraction of sp³-hybridized carbons (Fsp3) is 0.167. The van der Waals surface area contributed by atoms with Crippen LogP contribution in [0.25, 0.3) is 5.69 Å². The van der Waals surface area contributed by atoms with Crippen molar-refractivity contribution in [2.45, 2.75) is 5.16 Å². The van der Waals surface area contributed by atoms with E-state index in [1.165, 1.54) is 11.8 Å². The topological polar surface area (TPSA) is 63.1 Å². The van der Waals surface area contributed by atoms with Gasteiger partial charge in [0, 0.05) is 19.8 Å². The van der Waals surface area contributed by atoms with Crippen molar-refractivity contribution < 1.29 is 4.79 Å². The standard InChI is InChI=1S/C18H19N5OS/c1-22(2)16(24)13-25-18-21-20-17(19-14-9-5-3-6-10-14)23(18)15-11-7-4-8-12-15/h3-12H,13H2,1-2H3,(H,19,20). The highest BCUT2D eigenvalue weighted by molar-refractivity contribution is 7.99. The maximum Gasteiger partial charge on any atom is 0.234 e. The Kier molecular flexibility index (Phi) is 5.35. The Balaban J connectivity index is 1.92. The lowest BCUT2D eigenvalue weighted by Gasteiger charge is -2.12. The molecule has 0 saturated heterocycles. The van der Waals surface area contributed by atoms with E-state index >= 15 is 0 Å². The first-order chi connectivity index (χ1) is 12.1. The zero-order chi connectivity index (χ0) is 17.6. The molecule has 0 fully saturated rings. The molecule has 3 rings (SSSR count). The molecule has 6 nitrogen and oxygen atoms in total. The Morgan fingerprint density at radius 3 is 2.32 bits per heavy atom. The van der Waals surface area contributed by atoms with Crippen LogP contribution in [-0.2, 0) is 4.79 Å². The second-order valence-corrected chi connectivity index (χ2v) is 6.49. The molecule has 25 heavy (non-hydrogen) atoms. The lowest BCUT2D eigenvalue weighted by molar-refractivity contribution is -0.125. The third-order valence-corrected chi connectivity index (χ3v) is 4.41. The molecule has 7 heteroatoms. The molecule has 128 valence electrons. The van der Waals surface area contributed by atoms with Gasteiger partial charge in [-0.05, 0) is 24.3 Å². The van der Waals surface area contributed by atoms with Crippen LogP contribution in [0, 0.1) is 0 Å². The van der Waals surface area contributed by atoms with Crippen LogP contribution < -0.4 is 5.32 Å². The fourth-order valence-electron chi connectivity index (χ4n) is 2.16. The van der Waals surface area contributed by atoms with Crippen molar-refractivity contribution in [3.05, 3.63) is 60.7 Å². The van der Waals surface area contributed by atoms with Gasteiger partial charge in [-0.1, -0.05) is 48.2 Å². The minimum atomic E-state index is 0.0326. The molecule has 0 spiro atoms. The molecule has 0 atom stereocenters. The first kappa shape index (κ1) is 17.0. The van der Waals surface area contributed by atoms with Crippen LogP contribution in [0.15, 0.2) is 65.8 Å². The first-order valence-electron chi connectivity index (χ1n) is 7.81. The number of rotatable bonds is 6. The van der Waals surface area contributed by atoms with E-state index < -0.39 is 0 Å². The van der Waals surface area contributed by atoms with Crippen molar-refractivity contribution in [1.29, 1.82) is 0 Å². The average molecular weight is 353 g/mol. The van der Waals surface area contributed by atoms with Crippen LogP contribution >= 0.6 is 11.8 Å². The van der Waals surface area contributed by atoms with E-state index in [0.717, 1.165) is 11.4 Å². The number of carbonyl (C=O) groups excluding carboxylic acids is 1. The molecular formula is C18H19N5OS. The van der Waals surface area contributed by atoms with Gasteiger partial charge in [0.05, 0.1) is 11.4 Å². The van der Waals surface area contributed by atoms with Crippen LogP contribution in [0.4, 0.5) is 11.6 Å². The Morgan fingerprint density at radius 2 is 1.68 bits per heavy atom. The van der Waals surface area contributed by atoms with Crippen LogP contribution in [0.1, 0.15) is 0 Å². The number of aromatic nitrogens is 3. The number of carbonyl (C=O) groups is 1. The van der Waals surface area contributed by atoms with E-state index in [9.17, 15) is 4.79 Å². The number of para-hydroxylation sites is 2. The van der Waals surface area contributed by atoms with Crippen LogP contribution in [-0.4, -0.2) is 45.4 Å². The number of benzene rings is 2. The quantitative estimate of drug-likeness (QED) is 0.690. The van der Waals surface area contributed by atoms with Gasteiger partial charge in [-0.2, -0.15) is 0 Å². The summed E-state index contributed by atoms with van der Waals surface area (Å²) in [5, 5.41) is 12.5. The number of hydrogen-bond acceptors (Lipinski definition) is 5. The van der Waals surface area contributed by atoms with Gasteiger partial charge in [-0.15, -0.1) is 10.2 Å². The Morgan fingerprint density at radius 1 is 1.04 bits per heavy atom. The molecular weight excluding hydrogens is 334 g/mol.